The number of nitroso groups, excluding NO2 is 1. The van der Waals surface area contributed by atoms with Gasteiger partial charge in [-0.25, -0.2) is 0 Å². The van der Waals surface area contributed by atoms with Crippen LogP contribution in [0.25, 0.3) is 0 Å². The van der Waals surface area contributed by atoms with E-state index in [-0.39, 0.29) is 6.54 Å². The van der Waals surface area contributed by atoms with Crippen LogP contribution in [-0.2, 0) is 0 Å². The largest absolute Gasteiger partial charge is 0.386 e. The first kappa shape index (κ1) is 10.9. The van der Waals surface area contributed by atoms with E-state index in [1.807, 2.05) is 0 Å². The van der Waals surface area contributed by atoms with E-state index in [0.717, 1.165) is 5.01 Å². The average Bonchev–Trinajstić information content (AvgIpc) is 2.18. The summed E-state index contributed by atoms with van der Waals surface area (Å²) in [6, 6.07) is 6.96. The third-order valence-electron chi connectivity index (χ3n) is 1.84. The average molecular weight is 215 g/mol. The predicted octanol–water partition coefficient (Wildman–Crippen LogP) is 1.99. The SMILES string of the molecule is CN(CC(O)c1ccccc1Cl)N=O. The molecule has 0 heterocycles. The Morgan fingerprint density at radius 3 is 2.79 bits per heavy atom. The maximum Gasteiger partial charge on any atom is 0.0997 e. The Labute approximate surface area is 87.0 Å². The van der Waals surface area contributed by atoms with Gasteiger partial charge in [-0.1, -0.05) is 29.8 Å². The van der Waals surface area contributed by atoms with Crippen molar-refractivity contribution in [2.45, 2.75) is 6.10 Å². The Kier molecular flexibility index (Phi) is 3.85. The van der Waals surface area contributed by atoms with Gasteiger partial charge in [-0.2, -0.15) is 0 Å². The first-order chi connectivity index (χ1) is 6.65. The van der Waals surface area contributed by atoms with Crippen LogP contribution >= 0.6 is 11.6 Å². The highest BCUT2D eigenvalue weighted by Gasteiger charge is 2.12. The minimum absolute atomic E-state index is 0.132. The Balaban J connectivity index is 2.74. The van der Waals surface area contributed by atoms with Crippen molar-refractivity contribution in [3.05, 3.63) is 39.8 Å². The Bertz CT molecular complexity index is 319. The summed E-state index contributed by atoms with van der Waals surface area (Å²) in [6.07, 6.45) is -0.800. The summed E-state index contributed by atoms with van der Waals surface area (Å²) in [5.74, 6) is 0. The van der Waals surface area contributed by atoms with Gasteiger partial charge in [-0.05, 0) is 6.07 Å². The van der Waals surface area contributed by atoms with Crippen LogP contribution in [0.4, 0.5) is 0 Å². The summed E-state index contributed by atoms with van der Waals surface area (Å²) >= 11 is 5.86. The molecule has 1 aromatic rings. The molecule has 0 spiro atoms. The summed E-state index contributed by atoms with van der Waals surface area (Å²) < 4.78 is 0. The minimum atomic E-state index is -0.800. The maximum absolute atomic E-state index is 10.1. The van der Waals surface area contributed by atoms with Crippen molar-refractivity contribution in [2.75, 3.05) is 13.6 Å². The standard InChI is InChI=1S/C9H11ClN2O2/c1-12(11-14)6-9(13)7-4-2-3-5-8(7)10/h2-5,9,13H,6H2,1H3. The third kappa shape index (κ3) is 2.68. The van der Waals surface area contributed by atoms with Gasteiger partial charge in [0.25, 0.3) is 0 Å². The number of nitrogens with zero attached hydrogens (tertiary/aromatic N) is 2. The molecule has 0 amide bonds. The Morgan fingerprint density at radius 1 is 1.57 bits per heavy atom. The number of aliphatic hydroxyl groups is 1. The van der Waals surface area contributed by atoms with E-state index >= 15 is 0 Å². The van der Waals surface area contributed by atoms with E-state index < -0.39 is 6.10 Å². The highest BCUT2D eigenvalue weighted by Crippen LogP contribution is 2.22. The van der Waals surface area contributed by atoms with E-state index in [4.69, 9.17) is 11.6 Å². The van der Waals surface area contributed by atoms with Crippen LogP contribution in [0.2, 0.25) is 5.02 Å². The number of rotatable bonds is 4. The molecule has 0 fully saturated rings. The minimum Gasteiger partial charge on any atom is -0.386 e. The Hall–Kier alpha value is -1.13. The van der Waals surface area contributed by atoms with Crippen LogP contribution in [0.15, 0.2) is 29.6 Å². The van der Waals surface area contributed by atoms with Crippen LogP contribution in [-0.4, -0.2) is 23.7 Å². The van der Waals surface area contributed by atoms with E-state index in [1.54, 1.807) is 24.3 Å². The van der Waals surface area contributed by atoms with Gasteiger partial charge in [0.15, 0.2) is 0 Å². The molecular formula is C9H11ClN2O2. The van der Waals surface area contributed by atoms with Crippen molar-refractivity contribution in [2.24, 2.45) is 5.29 Å². The van der Waals surface area contributed by atoms with Gasteiger partial charge < -0.3 is 5.11 Å². The van der Waals surface area contributed by atoms with Crippen molar-refractivity contribution in [3.63, 3.8) is 0 Å². The molecule has 0 aliphatic rings. The fraction of sp³-hybridized carbons (Fsp3) is 0.333. The maximum atomic E-state index is 10.1. The molecule has 0 aromatic heterocycles. The quantitative estimate of drug-likeness (QED) is 0.616. The van der Waals surface area contributed by atoms with Gasteiger partial charge in [0.2, 0.25) is 0 Å². The van der Waals surface area contributed by atoms with Gasteiger partial charge >= 0.3 is 0 Å². The van der Waals surface area contributed by atoms with Crippen LogP contribution in [0.5, 0.6) is 0 Å². The van der Waals surface area contributed by atoms with E-state index in [9.17, 15) is 10.0 Å². The molecule has 1 atom stereocenters. The fourth-order valence-electron chi connectivity index (χ4n) is 1.13. The monoisotopic (exact) mass is 214 g/mol. The van der Waals surface area contributed by atoms with Gasteiger partial charge in [0.1, 0.15) is 0 Å². The smallest absolute Gasteiger partial charge is 0.0997 e. The van der Waals surface area contributed by atoms with Gasteiger partial charge in [0, 0.05) is 17.6 Å². The highest BCUT2D eigenvalue weighted by atomic mass is 35.5. The number of likely N-dealkylation sites (N-methyl/N-ethyl adjacent to an activating group) is 1. The molecule has 0 aliphatic carbocycles. The normalized spacial score (nSPS) is 12.2. The van der Waals surface area contributed by atoms with Crippen molar-refractivity contribution in [3.8, 4) is 0 Å². The lowest BCUT2D eigenvalue weighted by Gasteiger charge is -2.15. The molecule has 1 rings (SSSR count). The lowest BCUT2D eigenvalue weighted by molar-refractivity contribution is 0.128. The molecule has 0 saturated carbocycles. The Morgan fingerprint density at radius 2 is 2.21 bits per heavy atom. The van der Waals surface area contributed by atoms with Crippen LogP contribution in [0.3, 0.4) is 0 Å². The number of benzene rings is 1. The van der Waals surface area contributed by atoms with Crippen LogP contribution in [0.1, 0.15) is 11.7 Å². The molecule has 14 heavy (non-hydrogen) atoms. The zero-order chi connectivity index (χ0) is 10.6. The summed E-state index contributed by atoms with van der Waals surface area (Å²) in [5.41, 5.74) is 0.602. The number of hydrogen-bond acceptors (Lipinski definition) is 3. The molecule has 0 radical (unpaired) electrons. The first-order valence-corrected chi connectivity index (χ1v) is 4.50. The molecule has 4 nitrogen and oxygen atoms in total. The molecular weight excluding hydrogens is 204 g/mol. The molecule has 0 saturated heterocycles. The van der Waals surface area contributed by atoms with E-state index in [0.29, 0.717) is 10.6 Å². The molecule has 0 aliphatic heterocycles. The van der Waals surface area contributed by atoms with Crippen LogP contribution < -0.4 is 0 Å². The second-order valence-electron chi connectivity index (χ2n) is 2.96. The second-order valence-corrected chi connectivity index (χ2v) is 3.37. The zero-order valence-electron chi connectivity index (χ0n) is 7.72. The van der Waals surface area contributed by atoms with Crippen molar-refractivity contribution in [1.82, 2.24) is 5.01 Å². The van der Waals surface area contributed by atoms with Crippen molar-refractivity contribution in [1.29, 1.82) is 0 Å². The van der Waals surface area contributed by atoms with Gasteiger partial charge in [-0.15, -0.1) is 4.91 Å². The molecule has 1 unspecified atom stereocenters. The highest BCUT2D eigenvalue weighted by molar-refractivity contribution is 6.31. The predicted molar refractivity (Wildman–Crippen MR) is 54.8 cm³/mol. The molecule has 1 aromatic carbocycles. The molecule has 76 valence electrons. The summed E-state index contributed by atoms with van der Waals surface area (Å²) in [7, 11) is 1.49. The van der Waals surface area contributed by atoms with Gasteiger partial charge in [0.05, 0.1) is 17.9 Å². The summed E-state index contributed by atoms with van der Waals surface area (Å²) in [5, 5.41) is 13.9. The number of halogens is 1. The fourth-order valence-corrected chi connectivity index (χ4v) is 1.39. The lowest BCUT2D eigenvalue weighted by atomic mass is 10.1. The number of hydrogen-bond donors (Lipinski definition) is 1. The molecule has 0 bridgehead atoms. The number of aliphatic hydroxyl groups excluding tert-OH is 1. The third-order valence-corrected chi connectivity index (χ3v) is 2.18. The van der Waals surface area contributed by atoms with Crippen LogP contribution in [0, 0.1) is 4.91 Å². The van der Waals surface area contributed by atoms with E-state index in [2.05, 4.69) is 5.29 Å². The van der Waals surface area contributed by atoms with Crippen molar-refractivity contribution < 1.29 is 5.11 Å². The molecule has 1 N–H and O–H groups in total. The van der Waals surface area contributed by atoms with E-state index in [1.165, 1.54) is 7.05 Å². The summed E-state index contributed by atoms with van der Waals surface area (Å²) in [4.78, 5) is 10.1. The second kappa shape index (κ2) is 4.93. The topological polar surface area (TPSA) is 52.9 Å². The van der Waals surface area contributed by atoms with Gasteiger partial charge in [-0.3, -0.25) is 5.01 Å². The lowest BCUT2D eigenvalue weighted by Crippen LogP contribution is -2.19. The molecule has 5 heteroatoms. The first-order valence-electron chi connectivity index (χ1n) is 4.12. The zero-order valence-corrected chi connectivity index (χ0v) is 8.48. The van der Waals surface area contributed by atoms with Crippen molar-refractivity contribution >= 4 is 11.6 Å². The summed E-state index contributed by atoms with van der Waals surface area (Å²) in [6.45, 7) is 0.132.